The van der Waals surface area contributed by atoms with E-state index in [0.29, 0.717) is 5.92 Å². The van der Waals surface area contributed by atoms with Crippen LogP contribution in [0.2, 0.25) is 13.1 Å². The molecule has 0 atom stereocenters. The summed E-state index contributed by atoms with van der Waals surface area (Å²) in [5.41, 5.74) is 12.4. The first-order valence-corrected chi connectivity index (χ1v) is 20.7. The van der Waals surface area contributed by atoms with E-state index in [1.54, 1.807) is 23.3 Å². The number of halogens is 2. The second-order valence-corrected chi connectivity index (χ2v) is 21.0. The first-order valence-electron chi connectivity index (χ1n) is 14.6. The van der Waals surface area contributed by atoms with E-state index < -0.39 is 0 Å². The van der Waals surface area contributed by atoms with E-state index in [-0.39, 0.29) is 30.2 Å². The number of rotatable bonds is 3. The maximum atomic E-state index is 2.34. The Balaban J connectivity index is 0.000000257. The van der Waals surface area contributed by atoms with Crippen LogP contribution in [0, 0.1) is 27.7 Å². The van der Waals surface area contributed by atoms with Gasteiger partial charge in [-0.2, -0.15) is 12.1 Å². The zero-order chi connectivity index (χ0) is 29.7. The number of aryl methyl sites for hydroxylation is 4. The van der Waals surface area contributed by atoms with Crippen molar-refractivity contribution in [1.29, 1.82) is 0 Å². The van der Waals surface area contributed by atoms with Crippen LogP contribution >= 0.6 is 0 Å². The Morgan fingerprint density at radius 3 is 1.84 bits per heavy atom. The molecule has 6 aromatic carbocycles. The minimum Gasteiger partial charge on any atom is -1.00 e. The molecule has 43 heavy (non-hydrogen) atoms. The van der Waals surface area contributed by atoms with E-state index in [2.05, 4.69) is 158 Å². The van der Waals surface area contributed by atoms with Gasteiger partial charge in [0, 0.05) is 0 Å². The molecule has 0 N–H and O–H groups in total. The minimum absolute atomic E-state index is 0. The van der Waals surface area contributed by atoms with Gasteiger partial charge >= 0.3 is 41.9 Å². The molecule has 6 rings (SSSR count). The fraction of sp³-hybridized carbons (Fsp3) is 0.231. The zero-order valence-electron chi connectivity index (χ0n) is 26.6. The molecule has 222 valence electrons. The van der Waals surface area contributed by atoms with Crippen molar-refractivity contribution in [3.8, 4) is 22.3 Å². The fourth-order valence-corrected chi connectivity index (χ4v) is 5.51. The molecule has 0 heterocycles. The van der Waals surface area contributed by atoms with Crippen LogP contribution in [0.25, 0.3) is 43.8 Å². The van der Waals surface area contributed by atoms with Crippen LogP contribution in [-0.2, 0) is 23.3 Å². The van der Waals surface area contributed by atoms with Gasteiger partial charge < -0.3 is 24.8 Å². The van der Waals surface area contributed by atoms with Crippen LogP contribution in [0.1, 0.15) is 47.6 Å². The monoisotopic (exact) mass is 698 g/mol. The third-order valence-electron chi connectivity index (χ3n) is 7.52. The molecule has 0 radical (unpaired) electrons. The van der Waals surface area contributed by atoms with Crippen molar-refractivity contribution < 1.29 is 48.1 Å². The number of hydrogen-bond acceptors (Lipinski definition) is 0. The molecule has 0 aromatic heterocycles. The van der Waals surface area contributed by atoms with Gasteiger partial charge in [-0.3, -0.25) is 0 Å². The molecule has 0 bridgehead atoms. The maximum absolute atomic E-state index is 2.34. The van der Waals surface area contributed by atoms with Crippen LogP contribution in [0.15, 0.2) is 103 Å². The first kappa shape index (κ1) is 37.0. The smallest absolute Gasteiger partial charge is 0.0220 e. The van der Waals surface area contributed by atoms with Crippen molar-refractivity contribution in [2.75, 3.05) is 0 Å². The molecule has 4 heteroatoms. The molecule has 0 aliphatic carbocycles. The predicted molar refractivity (Wildman–Crippen MR) is 180 cm³/mol. The van der Waals surface area contributed by atoms with Crippen LogP contribution in [0.5, 0.6) is 0 Å². The van der Waals surface area contributed by atoms with Crippen molar-refractivity contribution in [3.63, 3.8) is 0 Å². The Morgan fingerprint density at radius 2 is 1.23 bits per heavy atom. The van der Waals surface area contributed by atoms with Crippen LogP contribution < -0.4 is 24.8 Å². The summed E-state index contributed by atoms with van der Waals surface area (Å²) in [4.78, 5) is 0. The SMILES string of the molecule is CC(C)c1cc2c(-c3ccccc3)cccc2[cH-]1.C[Si](C)=[Zr+2].Cc1cc2c(-c3c(C)cccc3C)ccc(C)c2[cH-]1.[Cl-].[Cl-]. The second-order valence-electron chi connectivity index (χ2n) is 11.7. The van der Waals surface area contributed by atoms with Gasteiger partial charge in [0.1, 0.15) is 0 Å². The van der Waals surface area contributed by atoms with Gasteiger partial charge in [0.2, 0.25) is 0 Å². The van der Waals surface area contributed by atoms with Crippen LogP contribution in [0.4, 0.5) is 0 Å². The largest absolute Gasteiger partial charge is 1.00 e. The fourth-order valence-electron chi connectivity index (χ4n) is 5.51. The van der Waals surface area contributed by atoms with Crippen molar-refractivity contribution >= 4 is 27.0 Å². The van der Waals surface area contributed by atoms with E-state index in [1.165, 1.54) is 71.6 Å². The van der Waals surface area contributed by atoms with E-state index in [0.717, 1.165) is 0 Å². The first-order chi connectivity index (χ1) is 19.6. The summed E-state index contributed by atoms with van der Waals surface area (Å²) < 4.78 is 0. The molecule has 0 amide bonds. The van der Waals surface area contributed by atoms with Gasteiger partial charge in [0.15, 0.2) is 0 Å². The normalized spacial score (nSPS) is 10.3. The molecule has 0 nitrogen and oxygen atoms in total. The maximum Gasteiger partial charge on any atom is -0.0220 e. The summed E-state index contributed by atoms with van der Waals surface area (Å²) in [6.45, 7) is 17.9. The van der Waals surface area contributed by atoms with Gasteiger partial charge in [-0.1, -0.05) is 99.5 Å². The minimum atomic E-state index is 0. The van der Waals surface area contributed by atoms with Gasteiger partial charge in [-0.15, -0.1) is 68.6 Å². The number of benzene rings is 4. The average molecular weight is 701 g/mol. The molecule has 0 aliphatic heterocycles. The average Bonchev–Trinajstić information content (AvgIpc) is 3.55. The summed E-state index contributed by atoms with van der Waals surface area (Å²) >= 11 is 1.74. The number of hydrogen-bond donors (Lipinski definition) is 0. The van der Waals surface area contributed by atoms with Crippen molar-refractivity contribution in [2.24, 2.45) is 0 Å². The van der Waals surface area contributed by atoms with Gasteiger partial charge in [0.05, 0.1) is 0 Å². The summed E-state index contributed by atoms with van der Waals surface area (Å²) in [7, 11) is 0. The molecule has 0 unspecified atom stereocenters. The van der Waals surface area contributed by atoms with Gasteiger partial charge in [0.25, 0.3) is 0 Å². The summed E-state index contributed by atoms with van der Waals surface area (Å²) in [5, 5.41) is 5.49. The Morgan fingerprint density at radius 1 is 0.628 bits per heavy atom. The number of fused-ring (bicyclic) bond motifs is 2. The third kappa shape index (κ3) is 9.15. The van der Waals surface area contributed by atoms with Crippen LogP contribution in [-0.4, -0.2) is 5.43 Å². The van der Waals surface area contributed by atoms with E-state index in [9.17, 15) is 0 Å². The summed E-state index contributed by atoms with van der Waals surface area (Å²) in [5.74, 6) is 0.584. The van der Waals surface area contributed by atoms with E-state index in [1.807, 2.05) is 0 Å². The molecule has 0 aliphatic rings. The zero-order valence-corrected chi connectivity index (χ0v) is 31.6. The van der Waals surface area contributed by atoms with E-state index >= 15 is 0 Å². The van der Waals surface area contributed by atoms with Gasteiger partial charge in [-0.25, -0.2) is 0 Å². The third-order valence-corrected chi connectivity index (χ3v) is 7.52. The molecular weight excluding hydrogens is 659 g/mol. The summed E-state index contributed by atoms with van der Waals surface area (Å²) in [6.07, 6.45) is 0. The van der Waals surface area contributed by atoms with Crippen molar-refractivity contribution in [1.82, 2.24) is 0 Å². The quantitative estimate of drug-likeness (QED) is 0.167. The standard InChI is InChI=1S/C19H19.C18H17.C2H6Si.2ClH.Zr/c1-12-10-17-13(2)8-9-16(18(17)11-12)19-14(3)6-5-7-15(19)4;1-13(2)16-11-15-9-6-10-17(18(15)12-16)14-7-4-3-5-8-14;1-3-2;;;/h5-11H,1-4H3;3-13H,1-2H3;1-2H3;2*1H;/q2*-1;;;;+2/p-2. The molecular formula is C39H42Cl2SiZr-2. The Hall–Kier alpha value is -2.22. The van der Waals surface area contributed by atoms with E-state index in [4.69, 9.17) is 0 Å². The Labute approximate surface area is 286 Å². The molecule has 0 saturated carbocycles. The molecule has 6 aromatic rings. The van der Waals surface area contributed by atoms with Crippen molar-refractivity contribution in [2.45, 2.75) is 60.6 Å². The molecule has 0 spiro atoms. The Kier molecular flexibility index (Phi) is 14.4. The van der Waals surface area contributed by atoms with Crippen molar-refractivity contribution in [3.05, 3.63) is 131 Å². The second kappa shape index (κ2) is 16.7. The van der Waals surface area contributed by atoms with Crippen LogP contribution in [0.3, 0.4) is 0 Å². The predicted octanol–water partition coefficient (Wildman–Crippen LogP) is 5.60. The Bertz CT molecular complexity index is 1770. The van der Waals surface area contributed by atoms with Gasteiger partial charge in [-0.05, 0) is 42.0 Å². The topological polar surface area (TPSA) is 0 Å². The molecule has 0 saturated heterocycles. The molecule has 0 fully saturated rings. The summed E-state index contributed by atoms with van der Waals surface area (Å²) in [6, 6.07) is 37.5.